The fourth-order valence-corrected chi connectivity index (χ4v) is 3.94. The summed E-state index contributed by atoms with van der Waals surface area (Å²) in [4.78, 5) is 3.45. The number of piperazine rings is 1. The molecule has 6 heteroatoms. The second kappa shape index (κ2) is 7.75. The topological polar surface area (TPSA) is 15.3 Å². The van der Waals surface area contributed by atoms with E-state index < -0.39 is 0 Å². The van der Waals surface area contributed by atoms with Gasteiger partial charge in [0.05, 0.1) is 6.04 Å². The van der Waals surface area contributed by atoms with E-state index in [1.165, 1.54) is 0 Å². The summed E-state index contributed by atoms with van der Waals surface area (Å²) in [5, 5.41) is 5.89. The van der Waals surface area contributed by atoms with Gasteiger partial charge in [-0.1, -0.05) is 23.7 Å². The SMILES string of the molecule is Cc1ccc(Cl)c([C@@H](c2cccs2)N2CCNCC2)c1F.Cl. The van der Waals surface area contributed by atoms with Crippen LogP contribution in [0.1, 0.15) is 22.0 Å². The van der Waals surface area contributed by atoms with Crippen molar-refractivity contribution in [3.05, 3.63) is 56.5 Å². The van der Waals surface area contributed by atoms with Crippen molar-refractivity contribution in [2.45, 2.75) is 13.0 Å². The van der Waals surface area contributed by atoms with Gasteiger partial charge in [-0.25, -0.2) is 4.39 Å². The first-order chi connectivity index (χ1) is 10.2. The highest BCUT2D eigenvalue weighted by Crippen LogP contribution is 2.38. The number of halogens is 3. The number of aryl methyl sites for hydroxylation is 1. The Bertz CT molecular complexity index is 613. The number of thiophene rings is 1. The molecule has 1 N–H and O–H groups in total. The summed E-state index contributed by atoms with van der Waals surface area (Å²) in [5.74, 6) is -0.181. The van der Waals surface area contributed by atoms with Gasteiger partial charge in [0.2, 0.25) is 0 Å². The first kappa shape index (κ1) is 17.7. The molecule has 0 spiro atoms. The van der Waals surface area contributed by atoms with Gasteiger partial charge in [0, 0.05) is 41.6 Å². The maximum atomic E-state index is 14.7. The fourth-order valence-electron chi connectivity index (χ4n) is 2.82. The first-order valence-electron chi connectivity index (χ1n) is 7.11. The molecule has 0 aliphatic carbocycles. The molecule has 1 aliphatic rings. The van der Waals surface area contributed by atoms with Crippen LogP contribution >= 0.6 is 35.3 Å². The number of nitrogens with one attached hydrogen (secondary N) is 1. The monoisotopic (exact) mass is 360 g/mol. The van der Waals surface area contributed by atoms with Crippen LogP contribution in [-0.4, -0.2) is 31.1 Å². The van der Waals surface area contributed by atoms with Crippen LogP contribution in [0.3, 0.4) is 0 Å². The second-order valence-electron chi connectivity index (χ2n) is 5.30. The summed E-state index contributed by atoms with van der Waals surface area (Å²) in [6, 6.07) is 7.52. The molecule has 0 saturated carbocycles. The zero-order chi connectivity index (χ0) is 14.8. The zero-order valence-corrected chi connectivity index (χ0v) is 14.7. The van der Waals surface area contributed by atoms with Gasteiger partial charge in [-0.2, -0.15) is 0 Å². The van der Waals surface area contributed by atoms with E-state index in [1.54, 1.807) is 30.4 Å². The molecular formula is C16H19Cl2FN2S. The van der Waals surface area contributed by atoms with E-state index in [1.807, 2.05) is 11.4 Å². The van der Waals surface area contributed by atoms with E-state index in [0.717, 1.165) is 31.1 Å². The highest BCUT2D eigenvalue weighted by molar-refractivity contribution is 7.10. The fraction of sp³-hybridized carbons (Fsp3) is 0.375. The molecule has 1 atom stereocenters. The number of hydrogen-bond acceptors (Lipinski definition) is 3. The van der Waals surface area contributed by atoms with Crippen molar-refractivity contribution >= 4 is 35.3 Å². The van der Waals surface area contributed by atoms with Gasteiger partial charge in [-0.3, -0.25) is 4.90 Å². The molecule has 1 fully saturated rings. The third kappa shape index (κ3) is 3.47. The maximum Gasteiger partial charge on any atom is 0.132 e. The molecule has 0 amide bonds. The summed E-state index contributed by atoms with van der Waals surface area (Å²) < 4.78 is 14.7. The third-order valence-electron chi connectivity index (χ3n) is 3.92. The van der Waals surface area contributed by atoms with Gasteiger partial charge < -0.3 is 5.32 Å². The highest BCUT2D eigenvalue weighted by atomic mass is 35.5. The Morgan fingerprint density at radius 2 is 2.00 bits per heavy atom. The molecule has 1 saturated heterocycles. The molecule has 1 aromatic heterocycles. The Balaban J connectivity index is 0.00000176. The minimum Gasteiger partial charge on any atom is -0.314 e. The molecule has 0 radical (unpaired) electrons. The largest absolute Gasteiger partial charge is 0.314 e. The van der Waals surface area contributed by atoms with Gasteiger partial charge in [-0.15, -0.1) is 23.7 Å². The zero-order valence-electron chi connectivity index (χ0n) is 12.3. The molecule has 1 aliphatic heterocycles. The molecule has 22 heavy (non-hydrogen) atoms. The van der Waals surface area contributed by atoms with Gasteiger partial charge in [0.15, 0.2) is 0 Å². The van der Waals surface area contributed by atoms with Crippen molar-refractivity contribution in [1.82, 2.24) is 10.2 Å². The van der Waals surface area contributed by atoms with Gasteiger partial charge in [-0.05, 0) is 30.0 Å². The summed E-state index contributed by atoms with van der Waals surface area (Å²) in [6.45, 7) is 5.43. The van der Waals surface area contributed by atoms with Gasteiger partial charge in [0.1, 0.15) is 5.82 Å². The molecule has 1 aromatic carbocycles. The van der Waals surface area contributed by atoms with Crippen LogP contribution < -0.4 is 5.32 Å². The summed E-state index contributed by atoms with van der Waals surface area (Å²) in [6.07, 6.45) is 0. The van der Waals surface area contributed by atoms with Crippen LogP contribution in [0.5, 0.6) is 0 Å². The van der Waals surface area contributed by atoms with E-state index >= 15 is 0 Å². The summed E-state index contributed by atoms with van der Waals surface area (Å²) >= 11 is 8.01. The van der Waals surface area contributed by atoms with Crippen molar-refractivity contribution in [3.63, 3.8) is 0 Å². The number of rotatable bonds is 3. The van der Waals surface area contributed by atoms with E-state index in [2.05, 4.69) is 16.3 Å². The Labute approximate surface area is 145 Å². The van der Waals surface area contributed by atoms with Crippen molar-refractivity contribution in [2.24, 2.45) is 0 Å². The van der Waals surface area contributed by atoms with E-state index in [-0.39, 0.29) is 24.3 Å². The highest BCUT2D eigenvalue weighted by Gasteiger charge is 2.29. The molecule has 2 nitrogen and oxygen atoms in total. The van der Waals surface area contributed by atoms with Crippen LogP contribution in [0.4, 0.5) is 4.39 Å². The van der Waals surface area contributed by atoms with Crippen LogP contribution in [0, 0.1) is 12.7 Å². The van der Waals surface area contributed by atoms with Crippen molar-refractivity contribution in [3.8, 4) is 0 Å². The van der Waals surface area contributed by atoms with E-state index in [4.69, 9.17) is 11.6 Å². The lowest BCUT2D eigenvalue weighted by Gasteiger charge is -2.35. The Hall–Kier alpha value is -0.650. The number of hydrogen-bond donors (Lipinski definition) is 1. The van der Waals surface area contributed by atoms with E-state index in [0.29, 0.717) is 16.1 Å². The molecule has 0 unspecified atom stereocenters. The smallest absolute Gasteiger partial charge is 0.132 e. The average molecular weight is 361 g/mol. The lowest BCUT2D eigenvalue weighted by molar-refractivity contribution is 0.197. The second-order valence-corrected chi connectivity index (χ2v) is 6.68. The molecular weight excluding hydrogens is 342 g/mol. The lowest BCUT2D eigenvalue weighted by Crippen LogP contribution is -2.45. The van der Waals surface area contributed by atoms with Crippen molar-refractivity contribution in [1.29, 1.82) is 0 Å². The molecule has 120 valence electrons. The lowest BCUT2D eigenvalue weighted by atomic mass is 9.99. The maximum absolute atomic E-state index is 14.7. The Kier molecular flexibility index (Phi) is 6.24. The van der Waals surface area contributed by atoms with Crippen LogP contribution in [0.25, 0.3) is 0 Å². The Morgan fingerprint density at radius 3 is 2.64 bits per heavy atom. The van der Waals surface area contributed by atoms with Gasteiger partial charge in [0.25, 0.3) is 0 Å². The summed E-state index contributed by atoms with van der Waals surface area (Å²) in [5.41, 5.74) is 1.26. The van der Waals surface area contributed by atoms with Crippen LogP contribution in [0.15, 0.2) is 29.6 Å². The first-order valence-corrected chi connectivity index (χ1v) is 8.37. The van der Waals surface area contributed by atoms with Crippen molar-refractivity contribution in [2.75, 3.05) is 26.2 Å². The predicted octanol–water partition coefficient (Wildman–Crippen LogP) is 4.27. The minimum atomic E-state index is -0.181. The molecule has 3 rings (SSSR count). The quantitative estimate of drug-likeness (QED) is 0.879. The molecule has 2 aromatic rings. The molecule has 0 bridgehead atoms. The average Bonchev–Trinajstić information content (AvgIpc) is 3.02. The standard InChI is InChI=1S/C16H18ClFN2S.ClH/c1-11-4-5-12(17)14(15(11)18)16(13-3-2-10-21-13)20-8-6-19-7-9-20;/h2-5,10,16,19H,6-9H2,1H3;1H/t16-;/m1./s1. The van der Waals surface area contributed by atoms with Crippen LogP contribution in [-0.2, 0) is 0 Å². The van der Waals surface area contributed by atoms with Crippen LogP contribution in [0.2, 0.25) is 5.02 Å². The predicted molar refractivity (Wildman–Crippen MR) is 94.0 cm³/mol. The Morgan fingerprint density at radius 1 is 1.27 bits per heavy atom. The minimum absolute atomic E-state index is 0. The number of benzene rings is 1. The normalized spacial score (nSPS) is 17.0. The van der Waals surface area contributed by atoms with E-state index in [9.17, 15) is 4.39 Å². The van der Waals surface area contributed by atoms with Gasteiger partial charge >= 0.3 is 0 Å². The summed E-state index contributed by atoms with van der Waals surface area (Å²) in [7, 11) is 0. The molecule has 2 heterocycles. The number of nitrogens with zero attached hydrogens (tertiary/aromatic N) is 1. The third-order valence-corrected chi connectivity index (χ3v) is 5.18. The van der Waals surface area contributed by atoms with Crippen molar-refractivity contribution < 1.29 is 4.39 Å².